The van der Waals surface area contributed by atoms with Crippen molar-refractivity contribution in [2.75, 3.05) is 24.6 Å². The Kier molecular flexibility index (Phi) is 5.75. The number of benzene rings is 1. The van der Waals surface area contributed by atoms with Crippen LogP contribution in [0.2, 0.25) is 0 Å². The molecule has 2 atom stereocenters. The first kappa shape index (κ1) is 22.8. The number of aryl methyl sites for hydroxylation is 2. The standard InChI is InChI=1S/C26H27F2N7O/c1-15-4-3-5-19(27)21(15)24-22(28)23-18(12-30-24)25(35-13-16-6-7-17(14-35)31-16)33-26(32-23)36-11-8-20-29-9-10-34(20)2/h3-5,9-10,12,16-17,31H,6-8,11,13-14H2,1-2H3/t16-,17+. The number of anilines is 1. The zero-order valence-corrected chi connectivity index (χ0v) is 20.2. The van der Waals surface area contributed by atoms with Crippen molar-refractivity contribution in [1.29, 1.82) is 0 Å². The Morgan fingerprint density at radius 1 is 1.11 bits per heavy atom. The van der Waals surface area contributed by atoms with Gasteiger partial charge in [0.15, 0.2) is 5.82 Å². The van der Waals surface area contributed by atoms with Crippen LogP contribution in [-0.4, -0.2) is 56.3 Å². The first-order chi connectivity index (χ1) is 17.5. The van der Waals surface area contributed by atoms with Crippen LogP contribution >= 0.6 is 0 Å². The Labute approximate surface area is 207 Å². The van der Waals surface area contributed by atoms with Gasteiger partial charge in [-0.3, -0.25) is 4.98 Å². The minimum Gasteiger partial charge on any atom is -0.463 e. The summed E-state index contributed by atoms with van der Waals surface area (Å²) < 4.78 is 38.5. The normalized spacial score (nSPS) is 19.3. The molecule has 0 unspecified atom stereocenters. The number of ether oxygens (including phenoxy) is 1. The summed E-state index contributed by atoms with van der Waals surface area (Å²) in [7, 11) is 1.92. The molecule has 8 nitrogen and oxygen atoms in total. The maximum Gasteiger partial charge on any atom is 0.319 e. The highest BCUT2D eigenvalue weighted by atomic mass is 19.1. The summed E-state index contributed by atoms with van der Waals surface area (Å²) in [5.74, 6) is 0.243. The molecule has 2 aliphatic rings. The van der Waals surface area contributed by atoms with Crippen molar-refractivity contribution in [2.24, 2.45) is 7.05 Å². The molecular weight excluding hydrogens is 464 g/mol. The second-order valence-electron chi connectivity index (χ2n) is 9.54. The number of fused-ring (bicyclic) bond motifs is 3. The maximum absolute atomic E-state index is 16.0. The number of piperazine rings is 1. The van der Waals surface area contributed by atoms with Crippen LogP contribution in [0.4, 0.5) is 14.6 Å². The van der Waals surface area contributed by atoms with Gasteiger partial charge < -0.3 is 19.5 Å². The van der Waals surface area contributed by atoms with E-state index in [-0.39, 0.29) is 29.4 Å². The molecule has 5 heterocycles. The van der Waals surface area contributed by atoms with E-state index in [0.29, 0.717) is 35.3 Å². The number of nitrogens with one attached hydrogen (secondary N) is 1. The lowest BCUT2D eigenvalue weighted by atomic mass is 10.0. The van der Waals surface area contributed by atoms with Crippen LogP contribution in [0.5, 0.6) is 6.01 Å². The van der Waals surface area contributed by atoms with Gasteiger partial charge in [0, 0.05) is 62.8 Å². The first-order valence-corrected chi connectivity index (χ1v) is 12.2. The molecule has 36 heavy (non-hydrogen) atoms. The third-order valence-corrected chi connectivity index (χ3v) is 7.10. The Bertz CT molecular complexity index is 1410. The predicted octanol–water partition coefficient (Wildman–Crippen LogP) is 3.57. The summed E-state index contributed by atoms with van der Waals surface area (Å²) in [6.45, 7) is 3.53. The van der Waals surface area contributed by atoms with Gasteiger partial charge in [0.05, 0.1) is 12.0 Å². The van der Waals surface area contributed by atoms with E-state index in [1.807, 2.05) is 17.8 Å². The lowest BCUT2D eigenvalue weighted by molar-refractivity contribution is 0.293. The van der Waals surface area contributed by atoms with E-state index in [9.17, 15) is 4.39 Å². The molecule has 2 bridgehead atoms. The van der Waals surface area contributed by atoms with Crippen molar-refractivity contribution in [2.45, 2.75) is 38.3 Å². The molecular formula is C26H27F2N7O. The van der Waals surface area contributed by atoms with Crippen molar-refractivity contribution in [3.05, 3.63) is 59.8 Å². The zero-order valence-electron chi connectivity index (χ0n) is 20.2. The fraction of sp³-hybridized carbons (Fsp3) is 0.385. The molecule has 186 valence electrons. The molecule has 2 fully saturated rings. The van der Waals surface area contributed by atoms with Gasteiger partial charge in [0.2, 0.25) is 0 Å². The highest BCUT2D eigenvalue weighted by Gasteiger charge is 2.34. The molecule has 0 spiro atoms. The molecule has 1 N–H and O–H groups in total. The average molecular weight is 492 g/mol. The van der Waals surface area contributed by atoms with Gasteiger partial charge in [0.1, 0.15) is 28.7 Å². The van der Waals surface area contributed by atoms with Gasteiger partial charge in [-0.1, -0.05) is 12.1 Å². The van der Waals surface area contributed by atoms with E-state index < -0.39 is 11.6 Å². The monoisotopic (exact) mass is 491 g/mol. The fourth-order valence-corrected chi connectivity index (χ4v) is 5.27. The third kappa shape index (κ3) is 4.05. The number of halogens is 2. The van der Waals surface area contributed by atoms with Crippen LogP contribution in [0.1, 0.15) is 24.2 Å². The molecule has 6 rings (SSSR count). The minimum absolute atomic E-state index is 0.0675. The molecule has 0 amide bonds. The van der Waals surface area contributed by atoms with E-state index in [1.165, 1.54) is 6.07 Å². The Morgan fingerprint density at radius 2 is 1.92 bits per heavy atom. The Morgan fingerprint density at radius 3 is 2.64 bits per heavy atom. The second kappa shape index (κ2) is 9.09. The number of aromatic nitrogens is 5. The molecule has 4 aromatic rings. The summed E-state index contributed by atoms with van der Waals surface area (Å²) in [5.41, 5.74) is 0.738. The van der Waals surface area contributed by atoms with Gasteiger partial charge in [-0.15, -0.1) is 0 Å². The van der Waals surface area contributed by atoms with Gasteiger partial charge >= 0.3 is 6.01 Å². The quantitative estimate of drug-likeness (QED) is 0.442. The second-order valence-corrected chi connectivity index (χ2v) is 9.54. The van der Waals surface area contributed by atoms with E-state index >= 15 is 4.39 Å². The lowest BCUT2D eigenvalue weighted by Gasteiger charge is -2.34. The lowest BCUT2D eigenvalue weighted by Crippen LogP contribution is -2.51. The Balaban J connectivity index is 1.42. The van der Waals surface area contributed by atoms with Crippen LogP contribution in [0.3, 0.4) is 0 Å². The number of nitrogens with zero attached hydrogens (tertiary/aromatic N) is 6. The summed E-state index contributed by atoms with van der Waals surface area (Å²) in [6.07, 6.45) is 7.90. The van der Waals surface area contributed by atoms with Gasteiger partial charge in [0.25, 0.3) is 0 Å². The van der Waals surface area contributed by atoms with Crippen LogP contribution in [0, 0.1) is 18.6 Å². The van der Waals surface area contributed by atoms with Crippen LogP contribution in [0.25, 0.3) is 22.2 Å². The highest BCUT2D eigenvalue weighted by molar-refractivity contribution is 5.92. The fourth-order valence-electron chi connectivity index (χ4n) is 5.27. The Hall–Kier alpha value is -3.66. The molecule has 0 radical (unpaired) electrons. The van der Waals surface area contributed by atoms with Crippen LogP contribution < -0.4 is 15.0 Å². The molecule has 1 aromatic carbocycles. The van der Waals surface area contributed by atoms with Crippen LogP contribution in [0.15, 0.2) is 36.8 Å². The topological polar surface area (TPSA) is 81.0 Å². The predicted molar refractivity (Wildman–Crippen MR) is 132 cm³/mol. The summed E-state index contributed by atoms with van der Waals surface area (Å²) in [4.78, 5) is 19.9. The van der Waals surface area contributed by atoms with E-state index in [4.69, 9.17) is 9.72 Å². The SMILES string of the molecule is Cc1cccc(F)c1-c1ncc2c(N3C[C@H]4CC[C@@H](C3)N4)nc(OCCc3nccn3C)nc2c1F. The third-order valence-electron chi connectivity index (χ3n) is 7.10. The number of pyridine rings is 1. The number of hydrogen-bond donors (Lipinski definition) is 1. The molecule has 0 saturated carbocycles. The van der Waals surface area contributed by atoms with E-state index in [2.05, 4.69) is 25.2 Å². The number of imidazole rings is 1. The smallest absolute Gasteiger partial charge is 0.319 e. The van der Waals surface area contributed by atoms with E-state index in [1.54, 1.807) is 31.5 Å². The van der Waals surface area contributed by atoms with Crippen molar-refractivity contribution < 1.29 is 13.5 Å². The molecule has 2 saturated heterocycles. The highest BCUT2D eigenvalue weighted by Crippen LogP contribution is 2.35. The summed E-state index contributed by atoms with van der Waals surface area (Å²) >= 11 is 0. The minimum atomic E-state index is -0.684. The van der Waals surface area contributed by atoms with Crippen LogP contribution in [-0.2, 0) is 13.5 Å². The summed E-state index contributed by atoms with van der Waals surface area (Å²) in [5, 5.41) is 4.09. The van der Waals surface area contributed by atoms with Crippen molar-refractivity contribution in [3.8, 4) is 17.3 Å². The zero-order chi connectivity index (χ0) is 24.8. The molecule has 0 aliphatic carbocycles. The van der Waals surface area contributed by atoms with E-state index in [0.717, 1.165) is 31.8 Å². The number of rotatable bonds is 6. The number of hydrogen-bond acceptors (Lipinski definition) is 7. The average Bonchev–Trinajstić information content (AvgIpc) is 3.43. The maximum atomic E-state index is 16.0. The molecule has 3 aromatic heterocycles. The van der Waals surface area contributed by atoms with Gasteiger partial charge in [-0.2, -0.15) is 9.97 Å². The largest absolute Gasteiger partial charge is 0.463 e. The van der Waals surface area contributed by atoms with Gasteiger partial charge in [-0.05, 0) is 31.4 Å². The van der Waals surface area contributed by atoms with Crippen molar-refractivity contribution in [3.63, 3.8) is 0 Å². The van der Waals surface area contributed by atoms with Crippen molar-refractivity contribution in [1.82, 2.24) is 29.8 Å². The van der Waals surface area contributed by atoms with Crippen molar-refractivity contribution >= 4 is 16.7 Å². The molecule has 10 heteroatoms. The summed E-state index contributed by atoms with van der Waals surface area (Å²) in [6, 6.07) is 5.44. The first-order valence-electron chi connectivity index (χ1n) is 12.2. The molecule has 2 aliphatic heterocycles. The van der Waals surface area contributed by atoms with Gasteiger partial charge in [-0.25, -0.2) is 13.8 Å².